The number of hydrogen-bond acceptors (Lipinski definition) is 3. The number of aldehydes is 1. The van der Waals surface area contributed by atoms with Crippen LogP contribution in [0.1, 0.15) is 56.1 Å². The minimum atomic E-state index is -0.836. The van der Waals surface area contributed by atoms with Gasteiger partial charge in [-0.15, -0.1) is 0 Å². The Hall–Kier alpha value is -3.20. The normalized spacial score (nSPS) is 12.6. The van der Waals surface area contributed by atoms with Crippen molar-refractivity contribution < 1.29 is 14.3 Å². The van der Waals surface area contributed by atoms with Crippen LogP contribution in [0.25, 0.3) is 16.3 Å². The van der Waals surface area contributed by atoms with Gasteiger partial charge in [0.1, 0.15) is 11.9 Å². The van der Waals surface area contributed by atoms with Gasteiger partial charge in [-0.2, -0.15) is 0 Å². The predicted octanol–water partition coefficient (Wildman–Crippen LogP) is 6.45. The molecule has 0 fully saturated rings. The van der Waals surface area contributed by atoms with Crippen LogP contribution in [0.5, 0.6) is 0 Å². The molecular formula is C27H28O3. The quantitative estimate of drug-likeness (QED) is 0.365. The van der Waals surface area contributed by atoms with Crippen LogP contribution in [-0.2, 0) is 9.53 Å². The Kier molecular flexibility index (Phi) is 5.93. The summed E-state index contributed by atoms with van der Waals surface area (Å²) in [6.45, 7) is 9.33. The minimum Gasteiger partial charge on any atom is -0.459 e. The van der Waals surface area contributed by atoms with Crippen LogP contribution >= 0.6 is 0 Å². The monoisotopic (exact) mass is 400 g/mol. The Morgan fingerprint density at radius 2 is 1.40 bits per heavy atom. The second-order valence-corrected chi connectivity index (χ2v) is 9.08. The molecule has 0 aliphatic rings. The van der Waals surface area contributed by atoms with Gasteiger partial charge in [0, 0.05) is 5.56 Å². The van der Waals surface area contributed by atoms with E-state index in [9.17, 15) is 9.59 Å². The van der Waals surface area contributed by atoms with E-state index in [0.29, 0.717) is 5.56 Å². The highest BCUT2D eigenvalue weighted by Gasteiger charge is 2.31. The smallest absolute Gasteiger partial charge is 0.315 e. The first-order chi connectivity index (χ1) is 14.1. The third-order valence-electron chi connectivity index (χ3n) is 4.85. The van der Waals surface area contributed by atoms with Gasteiger partial charge in [0.15, 0.2) is 0 Å². The maximum absolute atomic E-state index is 12.9. The summed E-state index contributed by atoms with van der Waals surface area (Å²) in [5.74, 6) is -0.280. The summed E-state index contributed by atoms with van der Waals surface area (Å²) in [6, 6.07) is 21.9. The molecule has 0 spiro atoms. The van der Waals surface area contributed by atoms with Crippen LogP contribution in [0.3, 0.4) is 0 Å². The molecule has 0 amide bonds. The van der Waals surface area contributed by atoms with Gasteiger partial charge in [0.2, 0.25) is 0 Å². The van der Waals surface area contributed by atoms with Crippen LogP contribution in [-0.4, -0.2) is 17.9 Å². The van der Waals surface area contributed by atoms with Gasteiger partial charge >= 0.3 is 5.97 Å². The third-order valence-corrected chi connectivity index (χ3v) is 4.85. The van der Waals surface area contributed by atoms with Gasteiger partial charge in [-0.3, -0.25) is 9.59 Å². The Morgan fingerprint density at radius 1 is 0.800 bits per heavy atom. The molecule has 0 bridgehead atoms. The van der Waals surface area contributed by atoms with Gasteiger partial charge in [-0.25, -0.2) is 0 Å². The van der Waals surface area contributed by atoms with E-state index in [1.165, 1.54) is 0 Å². The third kappa shape index (κ3) is 5.04. The van der Waals surface area contributed by atoms with Gasteiger partial charge in [0.05, 0.1) is 5.41 Å². The number of benzene rings is 3. The lowest BCUT2D eigenvalue weighted by molar-refractivity contribution is -0.162. The van der Waals surface area contributed by atoms with Crippen molar-refractivity contribution in [2.75, 3.05) is 0 Å². The maximum atomic E-state index is 12.9. The van der Waals surface area contributed by atoms with Crippen molar-refractivity contribution >= 4 is 28.6 Å². The molecule has 0 heterocycles. The van der Waals surface area contributed by atoms with Crippen LogP contribution in [0.2, 0.25) is 0 Å². The first-order valence-electron chi connectivity index (χ1n) is 10.1. The van der Waals surface area contributed by atoms with Crippen molar-refractivity contribution in [2.45, 2.75) is 40.2 Å². The van der Waals surface area contributed by atoms with Crippen LogP contribution in [0, 0.1) is 5.41 Å². The van der Waals surface area contributed by atoms with Gasteiger partial charge < -0.3 is 4.74 Å². The molecule has 3 heteroatoms. The summed E-state index contributed by atoms with van der Waals surface area (Å²) in [4.78, 5) is 24.0. The number of rotatable bonds is 5. The molecule has 0 saturated carbocycles. The van der Waals surface area contributed by atoms with Crippen molar-refractivity contribution in [3.63, 3.8) is 0 Å². The standard InChI is InChI=1S/C27H28O3/c1-26(2,3)30-25(29)27(4,5)17-24(21-12-10-19(18-28)11-13-21)23-15-14-20-8-6-7-9-22(20)16-23/h6-18H,1-5H3/b24-17+. The number of hydrogen-bond donors (Lipinski definition) is 0. The fourth-order valence-corrected chi connectivity index (χ4v) is 3.26. The minimum absolute atomic E-state index is 0.280. The fraction of sp³-hybridized carbons (Fsp3) is 0.259. The zero-order chi connectivity index (χ0) is 21.9. The second-order valence-electron chi connectivity index (χ2n) is 9.08. The van der Waals surface area contributed by atoms with Gasteiger partial charge in [-0.05, 0) is 68.2 Å². The zero-order valence-electron chi connectivity index (χ0n) is 18.2. The highest BCUT2D eigenvalue weighted by atomic mass is 16.6. The largest absolute Gasteiger partial charge is 0.459 e. The molecule has 0 N–H and O–H groups in total. The molecule has 30 heavy (non-hydrogen) atoms. The summed E-state index contributed by atoms with van der Waals surface area (Å²) < 4.78 is 5.65. The molecule has 3 aromatic carbocycles. The Morgan fingerprint density at radius 3 is 2.00 bits per heavy atom. The average Bonchev–Trinajstić information content (AvgIpc) is 2.70. The number of esters is 1. The van der Waals surface area contributed by atoms with Crippen LogP contribution in [0.15, 0.2) is 72.8 Å². The first-order valence-corrected chi connectivity index (χ1v) is 10.1. The highest BCUT2D eigenvalue weighted by molar-refractivity contribution is 5.92. The van der Waals surface area contributed by atoms with Crippen molar-refractivity contribution in [3.05, 3.63) is 89.5 Å². The maximum Gasteiger partial charge on any atom is 0.315 e. The lowest BCUT2D eigenvalue weighted by Gasteiger charge is -2.27. The van der Waals surface area contributed by atoms with Crippen molar-refractivity contribution in [3.8, 4) is 0 Å². The molecular weight excluding hydrogens is 372 g/mol. The molecule has 154 valence electrons. The van der Waals surface area contributed by atoms with Crippen LogP contribution in [0.4, 0.5) is 0 Å². The topological polar surface area (TPSA) is 43.4 Å². The number of ether oxygens (including phenoxy) is 1. The number of carbonyl (C=O) groups excluding carboxylic acids is 2. The summed E-state index contributed by atoms with van der Waals surface area (Å²) in [6.07, 6.45) is 2.79. The summed E-state index contributed by atoms with van der Waals surface area (Å²) in [7, 11) is 0. The molecule has 0 saturated heterocycles. The molecule has 0 aliphatic heterocycles. The predicted molar refractivity (Wildman–Crippen MR) is 122 cm³/mol. The average molecular weight is 401 g/mol. The van der Waals surface area contributed by atoms with Gasteiger partial charge in [0.25, 0.3) is 0 Å². The Labute approximate surface area is 178 Å². The van der Waals surface area contributed by atoms with Crippen LogP contribution < -0.4 is 0 Å². The van der Waals surface area contributed by atoms with E-state index in [-0.39, 0.29) is 5.97 Å². The summed E-state index contributed by atoms with van der Waals surface area (Å²) in [5.41, 5.74) is 2.09. The molecule has 0 aliphatic carbocycles. The molecule has 0 unspecified atom stereocenters. The Bertz CT molecular complexity index is 1100. The van der Waals surface area contributed by atoms with E-state index in [2.05, 4.69) is 30.3 Å². The Balaban J connectivity index is 2.13. The van der Waals surface area contributed by atoms with Crippen molar-refractivity contribution in [1.82, 2.24) is 0 Å². The van der Waals surface area contributed by atoms with E-state index in [1.807, 2.05) is 65.0 Å². The molecule has 0 radical (unpaired) electrons. The molecule has 0 atom stereocenters. The van der Waals surface area contributed by atoms with Crippen molar-refractivity contribution in [1.29, 1.82) is 0 Å². The van der Waals surface area contributed by atoms with Crippen molar-refractivity contribution in [2.24, 2.45) is 5.41 Å². The second kappa shape index (κ2) is 8.27. The van der Waals surface area contributed by atoms with E-state index in [4.69, 9.17) is 4.74 Å². The van der Waals surface area contributed by atoms with E-state index < -0.39 is 11.0 Å². The lowest BCUT2D eigenvalue weighted by atomic mass is 9.85. The molecule has 3 nitrogen and oxygen atoms in total. The summed E-state index contributed by atoms with van der Waals surface area (Å²) in [5, 5.41) is 2.28. The number of carbonyl (C=O) groups is 2. The van der Waals surface area contributed by atoms with E-state index >= 15 is 0 Å². The molecule has 0 aromatic heterocycles. The molecule has 3 aromatic rings. The SMILES string of the molecule is CC(C)(C)OC(=O)C(C)(C)/C=C(\c1ccc(C=O)cc1)c1ccc2ccccc2c1. The fourth-order valence-electron chi connectivity index (χ4n) is 3.26. The van der Waals surface area contributed by atoms with Gasteiger partial charge in [-0.1, -0.05) is 66.7 Å². The first kappa shape index (κ1) is 21.5. The zero-order valence-corrected chi connectivity index (χ0v) is 18.2. The summed E-state index contributed by atoms with van der Waals surface area (Å²) >= 11 is 0. The van der Waals surface area contributed by atoms with E-state index in [0.717, 1.165) is 33.8 Å². The number of fused-ring (bicyclic) bond motifs is 1. The highest BCUT2D eigenvalue weighted by Crippen LogP contribution is 2.33. The molecule has 3 rings (SSSR count). The lowest BCUT2D eigenvalue weighted by Crippen LogP contribution is -2.32. The van der Waals surface area contributed by atoms with E-state index in [1.54, 1.807) is 12.1 Å².